The van der Waals surface area contributed by atoms with Crippen molar-refractivity contribution in [2.24, 2.45) is 11.8 Å². The normalized spacial score (nSPS) is 29.8. The molecule has 0 radical (unpaired) electrons. The van der Waals surface area contributed by atoms with Gasteiger partial charge in [-0.1, -0.05) is 26.7 Å². The minimum atomic E-state index is 0.0453. The molecule has 2 N–H and O–H groups in total. The third-order valence-corrected chi connectivity index (χ3v) is 3.89. The Morgan fingerprint density at radius 1 is 1.29 bits per heavy atom. The van der Waals surface area contributed by atoms with Crippen LogP contribution in [0.25, 0.3) is 0 Å². The van der Waals surface area contributed by atoms with E-state index in [1.165, 1.54) is 25.7 Å². The van der Waals surface area contributed by atoms with Gasteiger partial charge in [0.2, 0.25) is 0 Å². The summed E-state index contributed by atoms with van der Waals surface area (Å²) in [5.74, 6) is 1.51. The maximum absolute atomic E-state index is 5.41. The van der Waals surface area contributed by atoms with Crippen LogP contribution in [-0.4, -0.2) is 16.7 Å². The fourth-order valence-electron chi connectivity index (χ4n) is 2.77. The van der Waals surface area contributed by atoms with Crippen molar-refractivity contribution < 1.29 is 0 Å². The lowest BCUT2D eigenvalue weighted by molar-refractivity contribution is 0.210. The Bertz CT molecular complexity index is 257. The van der Waals surface area contributed by atoms with E-state index in [0.29, 0.717) is 6.04 Å². The van der Waals surface area contributed by atoms with Crippen molar-refractivity contribution in [2.75, 3.05) is 0 Å². The maximum atomic E-state index is 5.41. The predicted octanol–water partition coefficient (Wildman–Crippen LogP) is 3.46. The monoisotopic (exact) mass is 256 g/mol. The summed E-state index contributed by atoms with van der Waals surface area (Å²) >= 11 is 5.41. The quantitative estimate of drug-likeness (QED) is 0.740. The Labute approximate surface area is 112 Å². The summed E-state index contributed by atoms with van der Waals surface area (Å²) in [7, 11) is 0. The van der Waals surface area contributed by atoms with Gasteiger partial charge < -0.3 is 10.6 Å². The van der Waals surface area contributed by atoms with Crippen LogP contribution in [0.3, 0.4) is 0 Å². The van der Waals surface area contributed by atoms with Gasteiger partial charge in [-0.15, -0.1) is 0 Å². The standard InChI is InChI=1S/C14H28N2S/c1-6-11-9-7-8-10(2)12(11)15-13(17)16-14(3,4)5/h10-12H,6-9H2,1-5H3,(H2,15,16,17). The number of rotatable bonds is 2. The van der Waals surface area contributed by atoms with E-state index in [1.807, 2.05) is 0 Å². The van der Waals surface area contributed by atoms with Crippen LogP contribution >= 0.6 is 12.2 Å². The third kappa shape index (κ3) is 4.82. The van der Waals surface area contributed by atoms with Crippen molar-refractivity contribution in [3.05, 3.63) is 0 Å². The summed E-state index contributed by atoms with van der Waals surface area (Å²) in [6.45, 7) is 11.1. The zero-order valence-electron chi connectivity index (χ0n) is 12.0. The van der Waals surface area contributed by atoms with Crippen molar-refractivity contribution >= 4 is 17.3 Å². The zero-order valence-corrected chi connectivity index (χ0v) is 12.8. The van der Waals surface area contributed by atoms with Crippen molar-refractivity contribution in [2.45, 2.75) is 71.9 Å². The molecule has 0 bridgehead atoms. The predicted molar refractivity (Wildman–Crippen MR) is 79.2 cm³/mol. The highest BCUT2D eigenvalue weighted by atomic mass is 32.1. The topological polar surface area (TPSA) is 24.1 Å². The average Bonchev–Trinajstić information content (AvgIpc) is 2.18. The van der Waals surface area contributed by atoms with Gasteiger partial charge in [-0.3, -0.25) is 0 Å². The fraction of sp³-hybridized carbons (Fsp3) is 0.929. The Morgan fingerprint density at radius 2 is 1.94 bits per heavy atom. The van der Waals surface area contributed by atoms with Gasteiger partial charge in [0.25, 0.3) is 0 Å². The molecule has 1 saturated carbocycles. The number of nitrogens with one attached hydrogen (secondary N) is 2. The molecule has 17 heavy (non-hydrogen) atoms. The summed E-state index contributed by atoms with van der Waals surface area (Å²) in [4.78, 5) is 0. The lowest BCUT2D eigenvalue weighted by Crippen LogP contribution is -2.53. The van der Waals surface area contributed by atoms with E-state index < -0.39 is 0 Å². The highest BCUT2D eigenvalue weighted by Crippen LogP contribution is 2.31. The van der Waals surface area contributed by atoms with E-state index in [1.54, 1.807) is 0 Å². The minimum Gasteiger partial charge on any atom is -0.359 e. The summed E-state index contributed by atoms with van der Waals surface area (Å²) in [5.41, 5.74) is 0.0453. The molecule has 3 heteroatoms. The lowest BCUT2D eigenvalue weighted by atomic mass is 9.76. The summed E-state index contributed by atoms with van der Waals surface area (Å²) < 4.78 is 0. The van der Waals surface area contributed by atoms with Gasteiger partial charge in [0.1, 0.15) is 0 Å². The highest BCUT2D eigenvalue weighted by molar-refractivity contribution is 7.80. The van der Waals surface area contributed by atoms with Gasteiger partial charge in [-0.05, 0) is 57.7 Å². The van der Waals surface area contributed by atoms with Crippen LogP contribution in [0.4, 0.5) is 0 Å². The second-order valence-electron chi connectivity index (χ2n) is 6.45. The van der Waals surface area contributed by atoms with Crippen LogP contribution < -0.4 is 10.6 Å². The van der Waals surface area contributed by atoms with E-state index in [0.717, 1.165) is 16.9 Å². The molecule has 0 saturated heterocycles. The molecule has 0 heterocycles. The van der Waals surface area contributed by atoms with Crippen LogP contribution in [0.2, 0.25) is 0 Å². The summed E-state index contributed by atoms with van der Waals surface area (Å²) in [6.07, 6.45) is 5.29. The Hall–Kier alpha value is -0.310. The van der Waals surface area contributed by atoms with Gasteiger partial charge in [0.15, 0.2) is 5.11 Å². The number of hydrogen-bond acceptors (Lipinski definition) is 1. The van der Waals surface area contributed by atoms with Gasteiger partial charge in [-0.25, -0.2) is 0 Å². The molecule has 0 spiro atoms. The Balaban J connectivity index is 2.55. The van der Waals surface area contributed by atoms with Crippen molar-refractivity contribution in [3.63, 3.8) is 0 Å². The molecular weight excluding hydrogens is 228 g/mol. The van der Waals surface area contributed by atoms with E-state index in [4.69, 9.17) is 12.2 Å². The molecule has 3 unspecified atom stereocenters. The minimum absolute atomic E-state index is 0.0453. The average molecular weight is 256 g/mol. The van der Waals surface area contributed by atoms with Gasteiger partial charge in [0.05, 0.1) is 0 Å². The molecule has 100 valence electrons. The van der Waals surface area contributed by atoms with Gasteiger partial charge in [-0.2, -0.15) is 0 Å². The molecule has 0 aromatic heterocycles. The van der Waals surface area contributed by atoms with Crippen LogP contribution in [0, 0.1) is 11.8 Å². The smallest absolute Gasteiger partial charge is 0.166 e. The number of hydrogen-bond donors (Lipinski definition) is 2. The van der Waals surface area contributed by atoms with E-state index in [-0.39, 0.29) is 5.54 Å². The van der Waals surface area contributed by atoms with Crippen LogP contribution in [0.5, 0.6) is 0 Å². The second kappa shape index (κ2) is 6.03. The van der Waals surface area contributed by atoms with Gasteiger partial charge >= 0.3 is 0 Å². The molecule has 0 aromatic rings. The first-order chi connectivity index (χ1) is 7.83. The van der Waals surface area contributed by atoms with Crippen molar-refractivity contribution in [1.82, 2.24) is 10.6 Å². The molecular formula is C14H28N2S. The molecule has 1 rings (SSSR count). The molecule has 1 aliphatic rings. The summed E-state index contributed by atoms with van der Waals surface area (Å²) in [5, 5.41) is 7.71. The maximum Gasteiger partial charge on any atom is 0.166 e. The van der Waals surface area contributed by atoms with E-state index >= 15 is 0 Å². The largest absolute Gasteiger partial charge is 0.359 e. The summed E-state index contributed by atoms with van der Waals surface area (Å²) in [6, 6.07) is 0.552. The zero-order chi connectivity index (χ0) is 13.1. The third-order valence-electron chi connectivity index (χ3n) is 3.67. The van der Waals surface area contributed by atoms with Crippen LogP contribution in [-0.2, 0) is 0 Å². The van der Waals surface area contributed by atoms with Crippen molar-refractivity contribution in [1.29, 1.82) is 0 Å². The molecule has 2 nitrogen and oxygen atoms in total. The first-order valence-electron chi connectivity index (χ1n) is 6.92. The molecule has 1 aliphatic carbocycles. The fourth-order valence-corrected chi connectivity index (χ4v) is 3.21. The molecule has 0 aliphatic heterocycles. The van der Waals surface area contributed by atoms with E-state index in [9.17, 15) is 0 Å². The van der Waals surface area contributed by atoms with Crippen LogP contribution in [0.15, 0.2) is 0 Å². The second-order valence-corrected chi connectivity index (χ2v) is 6.86. The molecule has 1 fully saturated rings. The lowest BCUT2D eigenvalue weighted by Gasteiger charge is -2.38. The first-order valence-corrected chi connectivity index (χ1v) is 7.33. The van der Waals surface area contributed by atoms with Gasteiger partial charge in [0, 0.05) is 11.6 Å². The first kappa shape index (κ1) is 14.7. The Morgan fingerprint density at radius 3 is 2.47 bits per heavy atom. The van der Waals surface area contributed by atoms with Crippen LogP contribution in [0.1, 0.15) is 60.3 Å². The highest BCUT2D eigenvalue weighted by Gasteiger charge is 2.30. The molecule has 0 aromatic carbocycles. The Kier molecular flexibility index (Phi) is 5.23. The van der Waals surface area contributed by atoms with E-state index in [2.05, 4.69) is 45.3 Å². The number of thiocarbonyl (C=S) groups is 1. The SMILES string of the molecule is CCC1CCCC(C)C1NC(=S)NC(C)(C)C. The molecule has 0 amide bonds. The van der Waals surface area contributed by atoms with Crippen molar-refractivity contribution in [3.8, 4) is 0 Å². The molecule has 3 atom stereocenters.